The van der Waals surface area contributed by atoms with Crippen LogP contribution in [0.1, 0.15) is 38.7 Å². The van der Waals surface area contributed by atoms with Crippen molar-refractivity contribution < 1.29 is 4.79 Å². The predicted octanol–water partition coefficient (Wildman–Crippen LogP) is 3.64. The Labute approximate surface area is 115 Å². The van der Waals surface area contributed by atoms with Crippen molar-refractivity contribution in [1.29, 1.82) is 0 Å². The van der Waals surface area contributed by atoms with Crippen LogP contribution in [0.25, 0.3) is 6.08 Å². The number of amides is 1. The van der Waals surface area contributed by atoms with Gasteiger partial charge in [-0.25, -0.2) is 0 Å². The van der Waals surface area contributed by atoms with Crippen LogP contribution in [0.4, 0.5) is 0 Å². The smallest absolute Gasteiger partial charge is 0.244 e. The van der Waals surface area contributed by atoms with Gasteiger partial charge in [-0.2, -0.15) is 0 Å². The topological polar surface area (TPSA) is 29.1 Å². The van der Waals surface area contributed by atoms with Crippen LogP contribution in [0.3, 0.4) is 0 Å². The molecule has 1 N–H and O–H groups in total. The van der Waals surface area contributed by atoms with E-state index in [0.717, 1.165) is 12.0 Å². The monoisotopic (exact) mass is 257 g/mol. The van der Waals surface area contributed by atoms with Crippen LogP contribution in [-0.2, 0) is 4.79 Å². The standard InChI is InChI=1S/C17H23NO/c1-13-7-6-10-16(14(13)2)18-17(19)12-11-15-8-4-3-5-9-15/h3-5,8-9,11-14,16H,6-7,10H2,1-2H3,(H,18,19). The van der Waals surface area contributed by atoms with Crippen molar-refractivity contribution in [2.75, 3.05) is 0 Å². The molecule has 19 heavy (non-hydrogen) atoms. The van der Waals surface area contributed by atoms with Crippen LogP contribution in [-0.4, -0.2) is 11.9 Å². The molecule has 3 atom stereocenters. The van der Waals surface area contributed by atoms with E-state index >= 15 is 0 Å². The van der Waals surface area contributed by atoms with Crippen molar-refractivity contribution in [3.05, 3.63) is 42.0 Å². The highest BCUT2D eigenvalue weighted by Gasteiger charge is 2.27. The van der Waals surface area contributed by atoms with Gasteiger partial charge in [0, 0.05) is 12.1 Å². The Bertz CT molecular complexity index is 438. The Kier molecular flexibility index (Phi) is 4.78. The van der Waals surface area contributed by atoms with Gasteiger partial charge >= 0.3 is 0 Å². The number of hydrogen-bond donors (Lipinski definition) is 1. The molecule has 1 saturated carbocycles. The van der Waals surface area contributed by atoms with Crippen LogP contribution in [0, 0.1) is 11.8 Å². The molecule has 1 aromatic carbocycles. The molecule has 0 spiro atoms. The lowest BCUT2D eigenvalue weighted by molar-refractivity contribution is -0.117. The second-order valence-corrected chi connectivity index (χ2v) is 5.63. The first kappa shape index (κ1) is 13.9. The summed E-state index contributed by atoms with van der Waals surface area (Å²) in [6.45, 7) is 4.53. The molecule has 102 valence electrons. The average Bonchev–Trinajstić information content (AvgIpc) is 2.43. The van der Waals surface area contributed by atoms with E-state index in [0.29, 0.717) is 17.9 Å². The molecule has 1 aromatic rings. The fraction of sp³-hybridized carbons (Fsp3) is 0.471. The molecular weight excluding hydrogens is 234 g/mol. The Hall–Kier alpha value is -1.57. The molecule has 3 unspecified atom stereocenters. The molecule has 0 saturated heterocycles. The minimum atomic E-state index is 0.0230. The molecule has 1 amide bonds. The molecule has 1 fully saturated rings. The highest BCUT2D eigenvalue weighted by Crippen LogP contribution is 2.29. The van der Waals surface area contributed by atoms with E-state index < -0.39 is 0 Å². The minimum absolute atomic E-state index is 0.0230. The number of benzene rings is 1. The van der Waals surface area contributed by atoms with E-state index in [-0.39, 0.29) is 5.91 Å². The molecule has 0 heterocycles. The van der Waals surface area contributed by atoms with Crippen molar-refractivity contribution >= 4 is 12.0 Å². The molecule has 2 nitrogen and oxygen atoms in total. The van der Waals surface area contributed by atoms with Gasteiger partial charge in [-0.05, 0) is 29.9 Å². The second-order valence-electron chi connectivity index (χ2n) is 5.63. The first-order valence-corrected chi connectivity index (χ1v) is 7.20. The van der Waals surface area contributed by atoms with E-state index in [1.807, 2.05) is 36.4 Å². The maximum Gasteiger partial charge on any atom is 0.244 e. The van der Waals surface area contributed by atoms with Gasteiger partial charge in [0.25, 0.3) is 0 Å². The maximum absolute atomic E-state index is 11.9. The maximum atomic E-state index is 11.9. The van der Waals surface area contributed by atoms with Gasteiger partial charge in [-0.1, -0.05) is 57.0 Å². The van der Waals surface area contributed by atoms with Gasteiger partial charge in [-0.3, -0.25) is 4.79 Å². The van der Waals surface area contributed by atoms with Crippen molar-refractivity contribution in [3.63, 3.8) is 0 Å². The zero-order valence-electron chi connectivity index (χ0n) is 11.8. The predicted molar refractivity (Wildman–Crippen MR) is 79.6 cm³/mol. The van der Waals surface area contributed by atoms with Gasteiger partial charge in [0.1, 0.15) is 0 Å². The van der Waals surface area contributed by atoms with Gasteiger partial charge in [0.15, 0.2) is 0 Å². The van der Waals surface area contributed by atoms with Gasteiger partial charge in [-0.15, -0.1) is 0 Å². The van der Waals surface area contributed by atoms with Gasteiger partial charge in [0.05, 0.1) is 0 Å². The fourth-order valence-electron chi connectivity index (χ4n) is 2.75. The Morgan fingerprint density at radius 1 is 1.21 bits per heavy atom. The SMILES string of the molecule is CC1CCCC(NC(=O)C=Cc2ccccc2)C1C. The fourth-order valence-corrected chi connectivity index (χ4v) is 2.75. The van der Waals surface area contributed by atoms with Crippen LogP contribution in [0.15, 0.2) is 36.4 Å². The van der Waals surface area contributed by atoms with Crippen LogP contribution >= 0.6 is 0 Å². The molecule has 0 radical (unpaired) electrons. The third-order valence-corrected chi connectivity index (χ3v) is 4.26. The van der Waals surface area contributed by atoms with Crippen LogP contribution < -0.4 is 5.32 Å². The zero-order chi connectivity index (χ0) is 13.7. The number of hydrogen-bond acceptors (Lipinski definition) is 1. The van der Waals surface area contributed by atoms with Crippen LogP contribution in [0.2, 0.25) is 0 Å². The molecular formula is C17H23NO. The lowest BCUT2D eigenvalue weighted by atomic mass is 9.78. The van der Waals surface area contributed by atoms with E-state index in [1.165, 1.54) is 12.8 Å². The summed E-state index contributed by atoms with van der Waals surface area (Å²) in [6, 6.07) is 10.2. The van der Waals surface area contributed by atoms with Crippen molar-refractivity contribution in [1.82, 2.24) is 5.32 Å². The number of rotatable bonds is 3. The summed E-state index contributed by atoms with van der Waals surface area (Å²) in [5.41, 5.74) is 1.06. The Balaban J connectivity index is 1.89. The molecule has 1 aliphatic rings. The normalized spacial score (nSPS) is 27.4. The van der Waals surface area contributed by atoms with Crippen molar-refractivity contribution in [3.8, 4) is 0 Å². The highest BCUT2D eigenvalue weighted by atomic mass is 16.1. The zero-order valence-corrected chi connectivity index (χ0v) is 11.8. The van der Waals surface area contributed by atoms with Crippen LogP contribution in [0.5, 0.6) is 0 Å². The highest BCUT2D eigenvalue weighted by molar-refractivity contribution is 5.91. The molecule has 2 rings (SSSR count). The lowest BCUT2D eigenvalue weighted by Gasteiger charge is -2.34. The summed E-state index contributed by atoms with van der Waals surface area (Å²) in [4.78, 5) is 11.9. The first-order valence-electron chi connectivity index (χ1n) is 7.20. The quantitative estimate of drug-likeness (QED) is 0.823. The molecule has 2 heteroatoms. The van der Waals surface area contributed by atoms with E-state index in [1.54, 1.807) is 6.08 Å². The van der Waals surface area contributed by atoms with Crippen molar-refractivity contribution in [2.45, 2.75) is 39.2 Å². The average molecular weight is 257 g/mol. The van der Waals surface area contributed by atoms with E-state index in [9.17, 15) is 4.79 Å². The van der Waals surface area contributed by atoms with Gasteiger partial charge in [0.2, 0.25) is 5.91 Å². The van der Waals surface area contributed by atoms with E-state index in [2.05, 4.69) is 19.2 Å². The lowest BCUT2D eigenvalue weighted by Crippen LogP contribution is -2.43. The third kappa shape index (κ3) is 3.95. The van der Waals surface area contributed by atoms with Gasteiger partial charge < -0.3 is 5.32 Å². The summed E-state index contributed by atoms with van der Waals surface area (Å²) in [6.07, 6.45) is 7.12. The molecule has 1 aliphatic carbocycles. The Morgan fingerprint density at radius 3 is 2.68 bits per heavy atom. The van der Waals surface area contributed by atoms with E-state index in [4.69, 9.17) is 0 Å². The summed E-state index contributed by atoms with van der Waals surface area (Å²) in [7, 11) is 0. The summed E-state index contributed by atoms with van der Waals surface area (Å²) < 4.78 is 0. The third-order valence-electron chi connectivity index (χ3n) is 4.26. The molecule has 0 aliphatic heterocycles. The number of nitrogens with one attached hydrogen (secondary N) is 1. The molecule has 0 bridgehead atoms. The summed E-state index contributed by atoms with van der Waals surface area (Å²) in [5.74, 6) is 1.30. The Morgan fingerprint density at radius 2 is 1.95 bits per heavy atom. The van der Waals surface area contributed by atoms with Crippen molar-refractivity contribution in [2.24, 2.45) is 11.8 Å². The second kappa shape index (κ2) is 6.55. The first-order chi connectivity index (χ1) is 9.16. The molecule has 0 aromatic heterocycles. The minimum Gasteiger partial charge on any atom is -0.350 e. The summed E-state index contributed by atoms with van der Waals surface area (Å²) >= 11 is 0. The largest absolute Gasteiger partial charge is 0.350 e. The number of carbonyl (C=O) groups is 1. The summed E-state index contributed by atoms with van der Waals surface area (Å²) in [5, 5.41) is 3.14. The number of carbonyl (C=O) groups excluding carboxylic acids is 1.